The minimum atomic E-state index is -0.242. The molecule has 0 aliphatic heterocycles. The second kappa shape index (κ2) is 10.6. The number of aryl methyl sites for hydroxylation is 1. The molecule has 0 radical (unpaired) electrons. The van der Waals surface area contributed by atoms with Crippen molar-refractivity contribution in [2.75, 3.05) is 0 Å². The lowest BCUT2D eigenvalue weighted by molar-refractivity contribution is -0.121. The van der Waals surface area contributed by atoms with Gasteiger partial charge in [0.15, 0.2) is 0 Å². The first-order valence-electron chi connectivity index (χ1n) is 12.1. The van der Waals surface area contributed by atoms with Crippen LogP contribution in [0.1, 0.15) is 40.2 Å². The molecule has 1 atom stereocenters. The molecule has 5 heteroatoms. The molecule has 0 aliphatic carbocycles. The zero-order valence-corrected chi connectivity index (χ0v) is 20.2. The highest BCUT2D eigenvalue weighted by Crippen LogP contribution is 2.35. The number of para-hydroxylation sites is 1. The zero-order chi connectivity index (χ0) is 24.9. The number of aromatic nitrogens is 2. The molecule has 0 saturated heterocycles. The third kappa shape index (κ3) is 5.36. The molecule has 0 spiro atoms. The van der Waals surface area contributed by atoms with Gasteiger partial charge in [0, 0.05) is 54.9 Å². The Morgan fingerprint density at radius 2 is 1.81 bits per heavy atom. The largest absolute Gasteiger partial charge is 0.352 e. The summed E-state index contributed by atoms with van der Waals surface area (Å²) in [7, 11) is 0. The molecular formula is C31H28FN3O. The number of benzene rings is 3. The van der Waals surface area contributed by atoms with E-state index in [2.05, 4.69) is 58.3 Å². The summed E-state index contributed by atoms with van der Waals surface area (Å²) in [5.41, 5.74) is 6.44. The maximum Gasteiger partial charge on any atom is 0.221 e. The maximum absolute atomic E-state index is 13.5. The van der Waals surface area contributed by atoms with Gasteiger partial charge in [-0.3, -0.25) is 9.78 Å². The van der Waals surface area contributed by atoms with Crippen molar-refractivity contribution in [2.24, 2.45) is 0 Å². The Balaban J connectivity index is 1.49. The first-order chi connectivity index (χ1) is 17.6. The first kappa shape index (κ1) is 23.5. The van der Waals surface area contributed by atoms with Crippen LogP contribution in [0.3, 0.4) is 0 Å². The maximum atomic E-state index is 13.5. The quantitative estimate of drug-likeness (QED) is 0.282. The van der Waals surface area contributed by atoms with Gasteiger partial charge in [0.25, 0.3) is 0 Å². The van der Waals surface area contributed by atoms with Crippen molar-refractivity contribution in [3.05, 3.63) is 137 Å². The summed E-state index contributed by atoms with van der Waals surface area (Å²) >= 11 is 0. The Hall–Kier alpha value is -4.25. The van der Waals surface area contributed by atoms with Crippen LogP contribution in [0.2, 0.25) is 0 Å². The molecule has 3 aromatic carbocycles. The lowest BCUT2D eigenvalue weighted by Crippen LogP contribution is -2.25. The fraction of sp³-hybridized carbons (Fsp3) is 0.161. The number of nitrogens with one attached hydrogen (secondary N) is 1. The van der Waals surface area contributed by atoms with Crippen LogP contribution < -0.4 is 5.32 Å². The van der Waals surface area contributed by atoms with Crippen molar-refractivity contribution in [3.8, 4) is 0 Å². The van der Waals surface area contributed by atoms with E-state index >= 15 is 0 Å². The van der Waals surface area contributed by atoms with Gasteiger partial charge >= 0.3 is 0 Å². The highest BCUT2D eigenvalue weighted by Gasteiger charge is 2.23. The fourth-order valence-electron chi connectivity index (χ4n) is 4.73. The van der Waals surface area contributed by atoms with Crippen molar-refractivity contribution < 1.29 is 9.18 Å². The van der Waals surface area contributed by atoms with E-state index < -0.39 is 0 Å². The predicted molar refractivity (Wildman–Crippen MR) is 141 cm³/mol. The molecular weight excluding hydrogens is 449 g/mol. The van der Waals surface area contributed by atoms with E-state index in [1.807, 2.05) is 42.5 Å². The van der Waals surface area contributed by atoms with Gasteiger partial charge in [-0.15, -0.1) is 0 Å². The van der Waals surface area contributed by atoms with Crippen LogP contribution in [0, 0.1) is 12.7 Å². The smallest absolute Gasteiger partial charge is 0.221 e. The Kier molecular flexibility index (Phi) is 6.89. The molecule has 4 nitrogen and oxygen atoms in total. The average Bonchev–Trinajstić information content (AvgIpc) is 3.26. The fourth-order valence-corrected chi connectivity index (χ4v) is 4.73. The standard InChI is InChI=1S/C31H28FN3O/c1-22-6-4-8-25(16-22)28(17-31(36)34-19-24-7-5-15-33-18-24)29-21-35(30-10-3-2-9-27(29)30)20-23-11-13-26(32)14-12-23/h2-16,18,21,28H,17,19-20H2,1H3,(H,34,36). The molecule has 0 aliphatic rings. The number of halogens is 1. The SMILES string of the molecule is Cc1cccc(C(CC(=O)NCc2cccnc2)c2cn(Cc3ccc(F)cc3)c3ccccc23)c1. The van der Waals surface area contributed by atoms with Gasteiger partial charge in [-0.05, 0) is 53.4 Å². The molecule has 1 N–H and O–H groups in total. The van der Waals surface area contributed by atoms with Gasteiger partial charge in [0.2, 0.25) is 5.91 Å². The number of nitrogens with zero attached hydrogens (tertiary/aromatic N) is 2. The molecule has 2 aromatic heterocycles. The molecule has 180 valence electrons. The molecule has 1 amide bonds. The van der Waals surface area contributed by atoms with Crippen LogP contribution in [0.25, 0.3) is 10.9 Å². The number of carbonyl (C=O) groups excluding carboxylic acids is 1. The lowest BCUT2D eigenvalue weighted by Gasteiger charge is -2.18. The zero-order valence-electron chi connectivity index (χ0n) is 20.2. The topological polar surface area (TPSA) is 46.9 Å². The molecule has 0 saturated carbocycles. The highest BCUT2D eigenvalue weighted by atomic mass is 19.1. The summed E-state index contributed by atoms with van der Waals surface area (Å²) in [6.45, 7) is 3.13. The van der Waals surface area contributed by atoms with Crippen LogP contribution in [0.5, 0.6) is 0 Å². The monoisotopic (exact) mass is 477 g/mol. The van der Waals surface area contributed by atoms with Gasteiger partial charge in [-0.1, -0.05) is 66.2 Å². The average molecular weight is 478 g/mol. The minimum Gasteiger partial charge on any atom is -0.352 e. The van der Waals surface area contributed by atoms with Gasteiger partial charge in [-0.25, -0.2) is 4.39 Å². The van der Waals surface area contributed by atoms with Crippen molar-refractivity contribution >= 4 is 16.8 Å². The number of pyridine rings is 1. The van der Waals surface area contributed by atoms with Gasteiger partial charge < -0.3 is 9.88 Å². The second-order valence-corrected chi connectivity index (χ2v) is 9.16. The van der Waals surface area contributed by atoms with Gasteiger partial charge in [-0.2, -0.15) is 0 Å². The second-order valence-electron chi connectivity index (χ2n) is 9.16. The van der Waals surface area contributed by atoms with Crippen LogP contribution in [0.15, 0.2) is 104 Å². The van der Waals surface area contributed by atoms with Crippen molar-refractivity contribution in [1.29, 1.82) is 0 Å². The summed E-state index contributed by atoms with van der Waals surface area (Å²) in [6.07, 6.45) is 5.96. The van der Waals surface area contributed by atoms with Crippen LogP contribution >= 0.6 is 0 Å². The number of hydrogen-bond donors (Lipinski definition) is 1. The van der Waals surface area contributed by atoms with E-state index in [4.69, 9.17) is 0 Å². The number of amides is 1. The predicted octanol–water partition coefficient (Wildman–Crippen LogP) is 6.37. The summed E-state index contributed by atoms with van der Waals surface area (Å²) < 4.78 is 15.6. The van der Waals surface area contributed by atoms with E-state index in [0.29, 0.717) is 19.5 Å². The van der Waals surface area contributed by atoms with E-state index in [1.165, 1.54) is 12.1 Å². The molecule has 2 heterocycles. The number of fused-ring (bicyclic) bond motifs is 1. The minimum absolute atomic E-state index is 0.0132. The van der Waals surface area contributed by atoms with Crippen molar-refractivity contribution in [1.82, 2.24) is 14.9 Å². The normalized spacial score (nSPS) is 11.9. The number of hydrogen-bond acceptors (Lipinski definition) is 2. The van der Waals surface area contributed by atoms with Crippen LogP contribution in [-0.4, -0.2) is 15.5 Å². The van der Waals surface area contributed by atoms with E-state index in [1.54, 1.807) is 12.4 Å². The van der Waals surface area contributed by atoms with E-state index in [-0.39, 0.29) is 17.6 Å². The summed E-state index contributed by atoms with van der Waals surface area (Å²) in [6, 6.07) is 27.1. The lowest BCUT2D eigenvalue weighted by atomic mass is 9.87. The number of rotatable bonds is 8. The molecule has 5 aromatic rings. The Bertz CT molecular complexity index is 1480. The Morgan fingerprint density at radius 3 is 2.58 bits per heavy atom. The van der Waals surface area contributed by atoms with Gasteiger partial charge in [0.1, 0.15) is 5.82 Å². The highest BCUT2D eigenvalue weighted by molar-refractivity contribution is 5.86. The third-order valence-corrected chi connectivity index (χ3v) is 6.51. The Labute approximate surface area is 210 Å². The number of carbonyl (C=O) groups is 1. The first-order valence-corrected chi connectivity index (χ1v) is 12.1. The molecule has 36 heavy (non-hydrogen) atoms. The summed E-state index contributed by atoms with van der Waals surface area (Å²) in [5, 5.41) is 4.18. The van der Waals surface area contributed by atoms with Crippen LogP contribution in [0.4, 0.5) is 4.39 Å². The van der Waals surface area contributed by atoms with E-state index in [9.17, 15) is 9.18 Å². The van der Waals surface area contributed by atoms with Gasteiger partial charge in [0.05, 0.1) is 0 Å². The summed E-state index contributed by atoms with van der Waals surface area (Å²) in [4.78, 5) is 17.3. The molecule has 1 unspecified atom stereocenters. The molecule has 5 rings (SSSR count). The third-order valence-electron chi connectivity index (χ3n) is 6.51. The Morgan fingerprint density at radius 1 is 0.972 bits per heavy atom. The molecule has 0 fully saturated rings. The van der Waals surface area contributed by atoms with Crippen LogP contribution in [-0.2, 0) is 17.9 Å². The van der Waals surface area contributed by atoms with E-state index in [0.717, 1.165) is 38.7 Å². The summed E-state index contributed by atoms with van der Waals surface area (Å²) in [5.74, 6) is -0.368. The molecule has 0 bridgehead atoms. The van der Waals surface area contributed by atoms with Crippen molar-refractivity contribution in [3.63, 3.8) is 0 Å². The van der Waals surface area contributed by atoms with Crippen molar-refractivity contribution in [2.45, 2.75) is 32.4 Å².